The predicted molar refractivity (Wildman–Crippen MR) is 335 cm³/mol. The molecule has 0 saturated heterocycles. The molecule has 5 heterocycles. The molecule has 0 bridgehead atoms. The Morgan fingerprint density at radius 2 is 0.700 bits per heavy atom. The van der Waals surface area contributed by atoms with Gasteiger partial charge >= 0.3 is 0 Å². The molecule has 5 aromatic heterocycles. The monoisotopic (exact) mass is 1040 g/mol. The van der Waals surface area contributed by atoms with Gasteiger partial charge in [0.2, 0.25) is 0 Å². The fraction of sp³-hybridized carbons (Fsp3) is 0. The molecule has 0 aliphatic rings. The van der Waals surface area contributed by atoms with Gasteiger partial charge in [-0.05, 0) is 102 Å². The first-order chi connectivity index (χ1) is 39.7. The molecule has 6 nitrogen and oxygen atoms in total. The second kappa shape index (κ2) is 17.5. The van der Waals surface area contributed by atoms with Gasteiger partial charge in [-0.25, -0.2) is 15.0 Å². The molecule has 0 N–H and O–H groups in total. The summed E-state index contributed by atoms with van der Waals surface area (Å²) in [5.74, 6) is 1.76. The van der Waals surface area contributed by atoms with Gasteiger partial charge in [-0.1, -0.05) is 176 Å². The second-order valence-corrected chi connectivity index (χ2v) is 21.8. The van der Waals surface area contributed by atoms with Crippen LogP contribution in [-0.4, -0.2) is 28.7 Å². The van der Waals surface area contributed by atoms with Gasteiger partial charge in [0.25, 0.3) is 0 Å². The number of rotatable bonds is 7. The van der Waals surface area contributed by atoms with Gasteiger partial charge in [0.1, 0.15) is 0 Å². The number of benzene rings is 12. The number of thiophene rings is 1. The highest BCUT2D eigenvalue weighted by Gasteiger charge is 2.23. The normalized spacial score (nSPS) is 12.0. The van der Waals surface area contributed by atoms with Gasteiger partial charge in [-0.2, -0.15) is 0 Å². The number of para-hydroxylation sites is 5. The Hall–Kier alpha value is -10.5. The number of hydrogen-bond acceptors (Lipinski definition) is 4. The Bertz CT molecular complexity index is 5200. The first kappa shape index (κ1) is 44.6. The van der Waals surface area contributed by atoms with Crippen molar-refractivity contribution in [2.24, 2.45) is 0 Å². The second-order valence-electron chi connectivity index (χ2n) is 20.7. The Morgan fingerprint density at radius 3 is 1.30 bits per heavy atom. The number of hydrogen-bond donors (Lipinski definition) is 0. The van der Waals surface area contributed by atoms with E-state index in [0.717, 1.165) is 88.8 Å². The van der Waals surface area contributed by atoms with Gasteiger partial charge in [0.05, 0.1) is 38.8 Å². The van der Waals surface area contributed by atoms with E-state index in [1.54, 1.807) is 0 Å². The van der Waals surface area contributed by atoms with Crippen LogP contribution in [0.25, 0.3) is 159 Å². The third-order valence-electron chi connectivity index (χ3n) is 16.3. The SMILES string of the molecule is c1ccc(-n2c3ccccc3c3ccc(-c4nc(-c5ccc(-n6c7ccccc7c7cc8ccccc8cc76)c(-c6cccc7c6sc6ccccc67)c5)nc(-c5ccc6c7ccccc7n(-c7ccccc7)c6c5)n4)cc32)cc1. The van der Waals surface area contributed by atoms with E-state index in [2.05, 4.69) is 281 Å². The maximum atomic E-state index is 5.54. The lowest BCUT2D eigenvalue weighted by molar-refractivity contribution is 1.07. The number of nitrogens with zero attached hydrogens (tertiary/aromatic N) is 6. The highest BCUT2D eigenvalue weighted by Crippen LogP contribution is 2.46. The molecular weight excluding hydrogens is 993 g/mol. The summed E-state index contributed by atoms with van der Waals surface area (Å²) in [6.07, 6.45) is 0. The Balaban J connectivity index is 0.942. The highest BCUT2D eigenvalue weighted by atomic mass is 32.1. The molecule has 0 aliphatic heterocycles. The standard InChI is InChI=1S/C73H44N6S/c1-3-20-50(21-4-1)77-62-30-13-9-24-52(62)55-37-34-48(43-66(55)77)72-74-71(75-73(76-72)49-35-38-56-53-25-10-14-31-63(53)78(67(56)44-49)51-22-5-2-6-23-51)47-36-39-65(61(41-47)59-29-17-28-58-57-27-12-16-33-69(57)80-70(58)59)79-64-32-15-11-26-54(64)60-40-45-18-7-8-19-46(45)42-68(60)79/h1-44H. The van der Waals surface area contributed by atoms with E-state index in [9.17, 15) is 0 Å². The molecule has 0 aliphatic carbocycles. The third kappa shape index (κ3) is 6.81. The minimum Gasteiger partial charge on any atom is -0.309 e. The van der Waals surface area contributed by atoms with Crippen molar-refractivity contribution in [2.45, 2.75) is 0 Å². The molecule has 0 saturated carbocycles. The molecule has 80 heavy (non-hydrogen) atoms. The smallest absolute Gasteiger partial charge is 0.164 e. The third-order valence-corrected chi connectivity index (χ3v) is 17.5. The van der Waals surface area contributed by atoms with Crippen molar-refractivity contribution in [2.75, 3.05) is 0 Å². The van der Waals surface area contributed by atoms with Crippen molar-refractivity contribution >= 4 is 108 Å². The summed E-state index contributed by atoms with van der Waals surface area (Å²) >= 11 is 1.85. The quantitative estimate of drug-likeness (QED) is 0.160. The zero-order valence-corrected chi connectivity index (χ0v) is 43.8. The van der Waals surface area contributed by atoms with E-state index in [0.29, 0.717) is 17.5 Å². The lowest BCUT2D eigenvalue weighted by Gasteiger charge is -2.17. The van der Waals surface area contributed by atoms with E-state index in [-0.39, 0.29) is 0 Å². The van der Waals surface area contributed by atoms with Crippen molar-refractivity contribution in [3.63, 3.8) is 0 Å². The van der Waals surface area contributed by atoms with Crippen LogP contribution in [0.4, 0.5) is 0 Å². The summed E-state index contributed by atoms with van der Waals surface area (Å²) in [5, 5.41) is 12.0. The fourth-order valence-corrected chi connectivity index (χ4v) is 13.9. The maximum Gasteiger partial charge on any atom is 0.164 e. The van der Waals surface area contributed by atoms with Crippen LogP contribution in [0.15, 0.2) is 267 Å². The molecule has 17 rings (SSSR count). The van der Waals surface area contributed by atoms with Crippen molar-refractivity contribution in [1.29, 1.82) is 0 Å². The van der Waals surface area contributed by atoms with Crippen LogP contribution < -0.4 is 0 Å². The fourth-order valence-electron chi connectivity index (χ4n) is 12.7. The Labute approximate surface area is 463 Å². The van der Waals surface area contributed by atoms with Crippen molar-refractivity contribution < 1.29 is 0 Å². The molecule has 0 amide bonds. The van der Waals surface area contributed by atoms with Gasteiger partial charge in [-0.15, -0.1) is 11.3 Å². The van der Waals surface area contributed by atoms with Crippen LogP contribution in [0.2, 0.25) is 0 Å². The summed E-state index contributed by atoms with van der Waals surface area (Å²) < 4.78 is 9.66. The summed E-state index contributed by atoms with van der Waals surface area (Å²) in [6, 6.07) is 96.4. The average molecular weight is 1040 g/mol. The highest BCUT2D eigenvalue weighted by molar-refractivity contribution is 7.26. The lowest BCUT2D eigenvalue weighted by Crippen LogP contribution is -2.02. The predicted octanol–water partition coefficient (Wildman–Crippen LogP) is 19.4. The van der Waals surface area contributed by atoms with E-state index in [1.165, 1.54) is 52.5 Å². The van der Waals surface area contributed by atoms with E-state index in [4.69, 9.17) is 15.0 Å². The van der Waals surface area contributed by atoms with Crippen LogP contribution in [-0.2, 0) is 0 Å². The molecule has 0 fully saturated rings. The molecule has 0 radical (unpaired) electrons. The van der Waals surface area contributed by atoms with Crippen LogP contribution in [0.3, 0.4) is 0 Å². The summed E-state index contributed by atoms with van der Waals surface area (Å²) in [6.45, 7) is 0. The van der Waals surface area contributed by atoms with Crippen LogP contribution in [0.1, 0.15) is 0 Å². The van der Waals surface area contributed by atoms with Crippen LogP contribution in [0.5, 0.6) is 0 Å². The number of aromatic nitrogens is 6. The molecule has 372 valence electrons. The molecule has 0 unspecified atom stereocenters. The minimum absolute atomic E-state index is 0.585. The first-order valence-electron chi connectivity index (χ1n) is 27.1. The lowest BCUT2D eigenvalue weighted by atomic mass is 9.98. The van der Waals surface area contributed by atoms with Crippen molar-refractivity contribution in [3.8, 4) is 62.4 Å². The average Bonchev–Trinajstić information content (AvgIpc) is 4.39. The maximum absolute atomic E-state index is 5.54. The first-order valence-corrected chi connectivity index (χ1v) is 27.9. The van der Waals surface area contributed by atoms with E-state index >= 15 is 0 Å². The molecule has 17 aromatic rings. The molecular formula is C73H44N6S. The minimum atomic E-state index is 0.585. The molecule has 0 atom stereocenters. The zero-order valence-electron chi connectivity index (χ0n) is 43.0. The van der Waals surface area contributed by atoms with Crippen molar-refractivity contribution in [3.05, 3.63) is 267 Å². The van der Waals surface area contributed by atoms with Gasteiger partial charge in [0, 0.05) is 91.7 Å². The van der Waals surface area contributed by atoms with E-state index in [1.807, 2.05) is 11.3 Å². The Kier molecular flexibility index (Phi) is 9.78. The zero-order chi connectivity index (χ0) is 52.4. The number of fused-ring (bicyclic) bond motifs is 13. The van der Waals surface area contributed by atoms with Gasteiger partial charge in [-0.3, -0.25) is 0 Å². The Morgan fingerprint density at radius 1 is 0.263 bits per heavy atom. The van der Waals surface area contributed by atoms with E-state index < -0.39 is 0 Å². The largest absolute Gasteiger partial charge is 0.309 e. The van der Waals surface area contributed by atoms with Crippen molar-refractivity contribution in [1.82, 2.24) is 28.7 Å². The topological polar surface area (TPSA) is 53.5 Å². The summed E-state index contributed by atoms with van der Waals surface area (Å²) in [4.78, 5) is 16.6. The molecule has 0 spiro atoms. The molecule has 12 aromatic carbocycles. The van der Waals surface area contributed by atoms with Gasteiger partial charge in [0.15, 0.2) is 17.5 Å². The van der Waals surface area contributed by atoms with Crippen LogP contribution in [0, 0.1) is 0 Å². The summed E-state index contributed by atoms with van der Waals surface area (Å²) in [7, 11) is 0. The van der Waals surface area contributed by atoms with Crippen LogP contribution >= 0.6 is 11.3 Å². The van der Waals surface area contributed by atoms with Gasteiger partial charge < -0.3 is 13.7 Å². The summed E-state index contributed by atoms with van der Waals surface area (Å²) in [5.41, 5.74) is 14.9. The molecule has 7 heteroatoms.